The third-order valence-electron chi connectivity index (χ3n) is 3.98. The Bertz CT molecular complexity index is 199. The molecule has 94 valence electrons. The fourth-order valence-electron chi connectivity index (χ4n) is 2.60. The van der Waals surface area contributed by atoms with Crippen molar-refractivity contribution in [3.05, 3.63) is 0 Å². The number of rotatable bonds is 4. The first kappa shape index (κ1) is 12.3. The number of aliphatic hydroxyl groups is 1. The second kappa shape index (κ2) is 5.96. The van der Waals surface area contributed by atoms with Gasteiger partial charge in [0.2, 0.25) is 0 Å². The summed E-state index contributed by atoms with van der Waals surface area (Å²) in [5.74, 6) is 0.771. The third kappa shape index (κ3) is 3.17. The maximum absolute atomic E-state index is 9.54. The molecule has 0 atom stereocenters. The lowest BCUT2D eigenvalue weighted by Crippen LogP contribution is -2.54. The zero-order chi connectivity index (χ0) is 11.3. The van der Waals surface area contributed by atoms with Crippen LogP contribution in [0.3, 0.4) is 0 Å². The minimum atomic E-state index is -0.0663. The molecule has 0 aromatic rings. The van der Waals surface area contributed by atoms with Crippen LogP contribution < -0.4 is 10.6 Å². The van der Waals surface area contributed by atoms with Gasteiger partial charge in [-0.3, -0.25) is 0 Å². The molecule has 0 aliphatic carbocycles. The molecule has 0 saturated carbocycles. The molecule has 0 amide bonds. The lowest BCUT2D eigenvalue weighted by molar-refractivity contribution is 0.00978. The monoisotopic (exact) mass is 228 g/mol. The molecule has 16 heavy (non-hydrogen) atoms. The summed E-state index contributed by atoms with van der Waals surface area (Å²) in [6.07, 6.45) is 4.39. The number of nitrogens with one attached hydrogen (secondary N) is 2. The first-order valence-corrected chi connectivity index (χ1v) is 6.49. The number of hydrogen-bond donors (Lipinski definition) is 3. The summed E-state index contributed by atoms with van der Waals surface area (Å²) >= 11 is 0. The molecule has 0 unspecified atom stereocenters. The van der Waals surface area contributed by atoms with E-state index in [1.807, 2.05) is 0 Å². The minimum Gasteiger partial charge on any atom is -0.394 e. The van der Waals surface area contributed by atoms with E-state index >= 15 is 0 Å². The first-order valence-electron chi connectivity index (χ1n) is 6.49. The highest BCUT2D eigenvalue weighted by Gasteiger charge is 2.32. The fraction of sp³-hybridized carbons (Fsp3) is 1.00. The SMILES string of the molecule is OCC1(NCC2CCNCC2)CCOCC1. The Morgan fingerprint density at radius 3 is 2.56 bits per heavy atom. The highest BCUT2D eigenvalue weighted by molar-refractivity contribution is 4.90. The largest absolute Gasteiger partial charge is 0.394 e. The van der Waals surface area contributed by atoms with Gasteiger partial charge in [-0.2, -0.15) is 0 Å². The molecule has 2 aliphatic heterocycles. The molecule has 4 heteroatoms. The Labute approximate surface area is 97.7 Å². The maximum atomic E-state index is 9.54. The van der Waals surface area contributed by atoms with Gasteiger partial charge >= 0.3 is 0 Å². The van der Waals surface area contributed by atoms with Crippen LogP contribution in [0.1, 0.15) is 25.7 Å². The van der Waals surface area contributed by atoms with Gasteiger partial charge in [-0.05, 0) is 51.2 Å². The second-order valence-electron chi connectivity index (χ2n) is 5.13. The number of piperidine rings is 1. The van der Waals surface area contributed by atoms with E-state index in [1.54, 1.807) is 0 Å². The van der Waals surface area contributed by atoms with Crippen LogP contribution in [0.15, 0.2) is 0 Å². The Kier molecular flexibility index (Phi) is 4.58. The van der Waals surface area contributed by atoms with Crippen molar-refractivity contribution in [1.29, 1.82) is 0 Å². The average Bonchev–Trinajstić information content (AvgIpc) is 2.39. The molecule has 2 saturated heterocycles. The minimum absolute atomic E-state index is 0.0663. The van der Waals surface area contributed by atoms with Crippen molar-refractivity contribution in [3.63, 3.8) is 0 Å². The van der Waals surface area contributed by atoms with Crippen molar-refractivity contribution < 1.29 is 9.84 Å². The molecule has 2 aliphatic rings. The van der Waals surface area contributed by atoms with Gasteiger partial charge in [0.1, 0.15) is 0 Å². The van der Waals surface area contributed by atoms with E-state index in [-0.39, 0.29) is 12.1 Å². The van der Waals surface area contributed by atoms with Gasteiger partial charge in [0, 0.05) is 18.8 Å². The molecule has 0 aromatic heterocycles. The lowest BCUT2D eigenvalue weighted by Gasteiger charge is -2.38. The average molecular weight is 228 g/mol. The zero-order valence-electron chi connectivity index (χ0n) is 10.0. The first-order chi connectivity index (χ1) is 7.85. The molecule has 4 nitrogen and oxygen atoms in total. The molecule has 3 N–H and O–H groups in total. The number of ether oxygens (including phenoxy) is 1. The Hall–Kier alpha value is -0.160. The van der Waals surface area contributed by atoms with E-state index in [0.717, 1.165) is 51.6 Å². The normalized spacial score (nSPS) is 26.8. The fourth-order valence-corrected chi connectivity index (χ4v) is 2.60. The van der Waals surface area contributed by atoms with Gasteiger partial charge in [0.05, 0.1) is 6.61 Å². The third-order valence-corrected chi connectivity index (χ3v) is 3.98. The van der Waals surface area contributed by atoms with Crippen LogP contribution in [0.4, 0.5) is 0 Å². The summed E-state index contributed by atoms with van der Waals surface area (Å²) in [6, 6.07) is 0. The van der Waals surface area contributed by atoms with E-state index in [4.69, 9.17) is 4.74 Å². The Morgan fingerprint density at radius 2 is 1.94 bits per heavy atom. The van der Waals surface area contributed by atoms with Crippen molar-refractivity contribution in [1.82, 2.24) is 10.6 Å². The van der Waals surface area contributed by atoms with Crippen LogP contribution in [-0.2, 0) is 4.74 Å². The van der Waals surface area contributed by atoms with Crippen molar-refractivity contribution in [2.24, 2.45) is 5.92 Å². The quantitative estimate of drug-likeness (QED) is 0.639. The van der Waals surface area contributed by atoms with Gasteiger partial charge in [-0.1, -0.05) is 0 Å². The van der Waals surface area contributed by atoms with E-state index in [0.29, 0.717) is 0 Å². The van der Waals surface area contributed by atoms with Gasteiger partial charge < -0.3 is 20.5 Å². The lowest BCUT2D eigenvalue weighted by atomic mass is 9.89. The number of aliphatic hydroxyl groups excluding tert-OH is 1. The molecule has 0 aromatic carbocycles. The molecular formula is C12H24N2O2. The van der Waals surface area contributed by atoms with Crippen molar-refractivity contribution >= 4 is 0 Å². The van der Waals surface area contributed by atoms with Crippen molar-refractivity contribution in [2.75, 3.05) is 39.5 Å². The summed E-state index contributed by atoms with van der Waals surface area (Å²) in [4.78, 5) is 0. The van der Waals surface area contributed by atoms with E-state index < -0.39 is 0 Å². The van der Waals surface area contributed by atoms with E-state index in [1.165, 1.54) is 12.8 Å². The summed E-state index contributed by atoms with van der Waals surface area (Å²) in [5.41, 5.74) is -0.0663. The molecule has 2 heterocycles. The van der Waals surface area contributed by atoms with Crippen LogP contribution in [0, 0.1) is 5.92 Å². The van der Waals surface area contributed by atoms with Gasteiger partial charge in [-0.25, -0.2) is 0 Å². The second-order valence-corrected chi connectivity index (χ2v) is 5.13. The zero-order valence-corrected chi connectivity index (χ0v) is 10.0. The van der Waals surface area contributed by atoms with Crippen LogP contribution in [0.25, 0.3) is 0 Å². The Balaban J connectivity index is 1.77. The highest BCUT2D eigenvalue weighted by atomic mass is 16.5. The van der Waals surface area contributed by atoms with Gasteiger partial charge in [0.25, 0.3) is 0 Å². The Morgan fingerprint density at radius 1 is 1.25 bits per heavy atom. The summed E-state index contributed by atoms with van der Waals surface area (Å²) < 4.78 is 5.36. The topological polar surface area (TPSA) is 53.5 Å². The summed E-state index contributed by atoms with van der Waals surface area (Å²) in [6.45, 7) is 5.12. The predicted octanol–water partition coefficient (Wildman–Crippen LogP) is 0.117. The predicted molar refractivity (Wildman–Crippen MR) is 63.5 cm³/mol. The summed E-state index contributed by atoms with van der Waals surface area (Å²) in [5, 5.41) is 16.5. The molecule has 0 radical (unpaired) electrons. The summed E-state index contributed by atoms with van der Waals surface area (Å²) in [7, 11) is 0. The van der Waals surface area contributed by atoms with Gasteiger partial charge in [0.15, 0.2) is 0 Å². The standard InChI is InChI=1S/C12H24N2O2/c15-10-12(3-7-16-8-4-12)14-9-11-1-5-13-6-2-11/h11,13-15H,1-10H2. The van der Waals surface area contributed by atoms with Crippen LogP contribution in [0.5, 0.6) is 0 Å². The molecule has 2 rings (SSSR count). The molecule has 0 spiro atoms. The highest BCUT2D eigenvalue weighted by Crippen LogP contribution is 2.21. The van der Waals surface area contributed by atoms with E-state index in [2.05, 4.69) is 10.6 Å². The molecular weight excluding hydrogens is 204 g/mol. The van der Waals surface area contributed by atoms with Crippen LogP contribution in [-0.4, -0.2) is 50.1 Å². The van der Waals surface area contributed by atoms with Crippen LogP contribution in [0.2, 0.25) is 0 Å². The van der Waals surface area contributed by atoms with E-state index in [9.17, 15) is 5.11 Å². The van der Waals surface area contributed by atoms with Crippen molar-refractivity contribution in [2.45, 2.75) is 31.2 Å². The van der Waals surface area contributed by atoms with Gasteiger partial charge in [-0.15, -0.1) is 0 Å². The van der Waals surface area contributed by atoms with Crippen molar-refractivity contribution in [3.8, 4) is 0 Å². The smallest absolute Gasteiger partial charge is 0.0615 e. The molecule has 2 fully saturated rings. The maximum Gasteiger partial charge on any atom is 0.0615 e. The number of hydrogen-bond acceptors (Lipinski definition) is 4. The van der Waals surface area contributed by atoms with Crippen LogP contribution >= 0.6 is 0 Å². The molecule has 0 bridgehead atoms.